The third kappa shape index (κ3) is 3.31. The average Bonchev–Trinajstić information content (AvgIpc) is 3.41. The molecule has 1 aliphatic rings. The van der Waals surface area contributed by atoms with E-state index < -0.39 is 0 Å². The Morgan fingerprint density at radius 1 is 1.19 bits per heavy atom. The van der Waals surface area contributed by atoms with Gasteiger partial charge in [0.05, 0.1) is 23.9 Å². The minimum absolute atomic E-state index is 0.0522. The standard InChI is InChI=1S/C23H24N6O3/c1-14-11-16(12-27(2)21(14)30)18-19(15-7-4-3-5-8-15)25-22(24)29-20(18)26-28(23(29)31)13-17-9-6-10-32-17/h3-5,7-8,11-12,17H,6,9-10,13H2,1-2H3,(H2,24,25). The number of hydrogen-bond acceptors (Lipinski definition) is 6. The fourth-order valence-corrected chi connectivity index (χ4v) is 4.29. The van der Waals surface area contributed by atoms with Crippen molar-refractivity contribution in [3.05, 3.63) is 69.0 Å². The molecule has 0 saturated carbocycles. The van der Waals surface area contributed by atoms with Gasteiger partial charge < -0.3 is 15.0 Å². The topological polar surface area (TPSA) is 109 Å². The summed E-state index contributed by atoms with van der Waals surface area (Å²) in [5.41, 5.74) is 9.61. The Balaban J connectivity index is 1.83. The van der Waals surface area contributed by atoms with E-state index in [1.165, 1.54) is 13.6 Å². The molecule has 4 aromatic rings. The number of anilines is 1. The summed E-state index contributed by atoms with van der Waals surface area (Å²) in [7, 11) is 1.70. The van der Waals surface area contributed by atoms with Crippen molar-refractivity contribution >= 4 is 11.6 Å². The third-order valence-corrected chi connectivity index (χ3v) is 5.85. The van der Waals surface area contributed by atoms with Gasteiger partial charge in [0.15, 0.2) is 5.65 Å². The molecule has 2 N–H and O–H groups in total. The molecular formula is C23H24N6O3. The van der Waals surface area contributed by atoms with E-state index in [2.05, 4.69) is 10.1 Å². The van der Waals surface area contributed by atoms with Crippen LogP contribution >= 0.6 is 0 Å². The first-order chi connectivity index (χ1) is 15.4. The zero-order valence-corrected chi connectivity index (χ0v) is 18.0. The van der Waals surface area contributed by atoms with Crippen molar-refractivity contribution in [2.45, 2.75) is 32.4 Å². The summed E-state index contributed by atoms with van der Waals surface area (Å²) in [6.07, 6.45) is 3.54. The SMILES string of the molecule is Cc1cc(-c2c(-c3ccccc3)nc(N)n3c(=O)n(CC4CCCO4)nc23)cn(C)c1=O. The molecule has 1 aromatic carbocycles. The molecule has 0 spiro atoms. The van der Waals surface area contributed by atoms with Crippen LogP contribution < -0.4 is 17.0 Å². The molecular weight excluding hydrogens is 408 g/mol. The Morgan fingerprint density at radius 3 is 2.66 bits per heavy atom. The van der Waals surface area contributed by atoms with Crippen LogP contribution in [0, 0.1) is 6.92 Å². The van der Waals surface area contributed by atoms with Crippen LogP contribution in [-0.4, -0.2) is 36.4 Å². The number of hydrogen-bond donors (Lipinski definition) is 1. The van der Waals surface area contributed by atoms with E-state index in [9.17, 15) is 9.59 Å². The Morgan fingerprint density at radius 2 is 1.97 bits per heavy atom. The summed E-state index contributed by atoms with van der Waals surface area (Å²) in [6.45, 7) is 2.81. The minimum Gasteiger partial charge on any atom is -0.376 e. The average molecular weight is 432 g/mol. The molecule has 164 valence electrons. The molecule has 1 unspecified atom stereocenters. The van der Waals surface area contributed by atoms with Crippen LogP contribution in [0.4, 0.5) is 5.95 Å². The molecule has 3 aromatic heterocycles. The van der Waals surface area contributed by atoms with E-state index >= 15 is 0 Å². The Labute approximate surface area is 183 Å². The van der Waals surface area contributed by atoms with Crippen LogP contribution in [0.25, 0.3) is 28.0 Å². The molecule has 0 aliphatic carbocycles. The van der Waals surface area contributed by atoms with Gasteiger partial charge in [-0.15, -0.1) is 5.10 Å². The molecule has 9 nitrogen and oxygen atoms in total. The van der Waals surface area contributed by atoms with Gasteiger partial charge >= 0.3 is 5.69 Å². The van der Waals surface area contributed by atoms with Crippen molar-refractivity contribution in [2.24, 2.45) is 7.05 Å². The number of benzene rings is 1. The molecule has 0 bridgehead atoms. The van der Waals surface area contributed by atoms with Crippen LogP contribution in [0.15, 0.2) is 52.2 Å². The lowest BCUT2D eigenvalue weighted by Crippen LogP contribution is -2.28. The van der Waals surface area contributed by atoms with E-state index in [0.29, 0.717) is 35.6 Å². The fourth-order valence-electron chi connectivity index (χ4n) is 4.29. The summed E-state index contributed by atoms with van der Waals surface area (Å²) in [5, 5.41) is 4.66. The fraction of sp³-hybridized carbons (Fsp3) is 0.304. The van der Waals surface area contributed by atoms with Gasteiger partial charge in [-0.3, -0.25) is 4.79 Å². The van der Waals surface area contributed by atoms with E-state index in [1.54, 1.807) is 26.2 Å². The number of aryl methyl sites for hydroxylation is 2. The number of fused-ring (bicyclic) bond motifs is 1. The molecule has 32 heavy (non-hydrogen) atoms. The highest BCUT2D eigenvalue weighted by molar-refractivity contribution is 5.90. The first-order valence-corrected chi connectivity index (χ1v) is 10.6. The summed E-state index contributed by atoms with van der Waals surface area (Å²) in [6, 6.07) is 11.4. The van der Waals surface area contributed by atoms with Crippen LogP contribution in [0.2, 0.25) is 0 Å². The maximum absolute atomic E-state index is 13.2. The van der Waals surface area contributed by atoms with E-state index in [0.717, 1.165) is 24.0 Å². The van der Waals surface area contributed by atoms with Gasteiger partial charge in [0.2, 0.25) is 5.95 Å². The number of rotatable bonds is 4. The largest absolute Gasteiger partial charge is 0.376 e. The third-order valence-electron chi connectivity index (χ3n) is 5.85. The van der Waals surface area contributed by atoms with Gasteiger partial charge in [-0.2, -0.15) is 0 Å². The summed E-state index contributed by atoms with van der Waals surface area (Å²) >= 11 is 0. The molecule has 5 rings (SSSR count). The number of nitrogen functional groups attached to an aromatic ring is 1. The van der Waals surface area contributed by atoms with Gasteiger partial charge in [-0.05, 0) is 25.8 Å². The number of ether oxygens (including phenoxy) is 1. The summed E-state index contributed by atoms with van der Waals surface area (Å²) < 4.78 is 9.95. The minimum atomic E-state index is -0.358. The normalized spacial score (nSPS) is 16.1. The van der Waals surface area contributed by atoms with Crippen molar-refractivity contribution in [1.82, 2.24) is 23.7 Å². The molecule has 0 amide bonds. The lowest BCUT2D eigenvalue weighted by Gasteiger charge is -2.13. The molecule has 0 radical (unpaired) electrons. The van der Waals surface area contributed by atoms with Crippen molar-refractivity contribution in [3.63, 3.8) is 0 Å². The molecule has 4 heterocycles. The van der Waals surface area contributed by atoms with E-state index in [1.807, 2.05) is 30.3 Å². The molecule has 1 fully saturated rings. The second-order valence-electron chi connectivity index (χ2n) is 8.15. The van der Waals surface area contributed by atoms with Gasteiger partial charge in [-0.25, -0.2) is 18.9 Å². The quantitative estimate of drug-likeness (QED) is 0.528. The molecule has 1 atom stereocenters. The maximum atomic E-state index is 13.2. The lowest BCUT2D eigenvalue weighted by molar-refractivity contribution is 0.0931. The van der Waals surface area contributed by atoms with Crippen LogP contribution in [0.5, 0.6) is 0 Å². The van der Waals surface area contributed by atoms with E-state index in [-0.39, 0.29) is 23.3 Å². The Hall–Kier alpha value is -3.72. The van der Waals surface area contributed by atoms with Crippen molar-refractivity contribution in [3.8, 4) is 22.4 Å². The highest BCUT2D eigenvalue weighted by Crippen LogP contribution is 2.34. The van der Waals surface area contributed by atoms with Gasteiger partial charge in [0.25, 0.3) is 5.56 Å². The monoisotopic (exact) mass is 432 g/mol. The Kier molecular flexibility index (Phi) is 4.90. The second-order valence-corrected chi connectivity index (χ2v) is 8.15. The zero-order chi connectivity index (χ0) is 22.4. The second kappa shape index (κ2) is 7.76. The molecule has 9 heteroatoms. The zero-order valence-electron chi connectivity index (χ0n) is 18.0. The maximum Gasteiger partial charge on any atom is 0.353 e. The number of nitrogens with zero attached hydrogens (tertiary/aromatic N) is 5. The van der Waals surface area contributed by atoms with E-state index in [4.69, 9.17) is 10.5 Å². The van der Waals surface area contributed by atoms with Crippen molar-refractivity contribution in [1.29, 1.82) is 0 Å². The Bertz CT molecular complexity index is 1400. The van der Waals surface area contributed by atoms with Gasteiger partial charge in [0, 0.05) is 36.5 Å². The highest BCUT2D eigenvalue weighted by Gasteiger charge is 2.24. The van der Waals surface area contributed by atoms with Gasteiger partial charge in [-0.1, -0.05) is 30.3 Å². The molecule has 1 aliphatic heterocycles. The van der Waals surface area contributed by atoms with Crippen molar-refractivity contribution in [2.75, 3.05) is 12.3 Å². The predicted octanol–water partition coefficient (Wildman–Crippen LogP) is 1.99. The van der Waals surface area contributed by atoms with Gasteiger partial charge in [0.1, 0.15) is 0 Å². The lowest BCUT2D eigenvalue weighted by atomic mass is 10.0. The first-order valence-electron chi connectivity index (χ1n) is 10.6. The predicted molar refractivity (Wildman–Crippen MR) is 121 cm³/mol. The summed E-state index contributed by atoms with van der Waals surface area (Å²) in [4.78, 5) is 30.1. The number of nitrogens with two attached hydrogens (primary N) is 1. The van der Waals surface area contributed by atoms with Crippen LogP contribution in [-0.2, 0) is 18.3 Å². The van der Waals surface area contributed by atoms with Crippen LogP contribution in [0.1, 0.15) is 18.4 Å². The smallest absolute Gasteiger partial charge is 0.353 e. The van der Waals surface area contributed by atoms with Crippen molar-refractivity contribution < 1.29 is 4.74 Å². The number of aromatic nitrogens is 5. The summed E-state index contributed by atoms with van der Waals surface area (Å²) in [5.74, 6) is 0.0627. The van der Waals surface area contributed by atoms with Crippen LogP contribution in [0.3, 0.4) is 0 Å². The first kappa shape index (κ1) is 20.2. The highest BCUT2D eigenvalue weighted by atomic mass is 16.5. The molecule has 1 saturated heterocycles. The number of pyridine rings is 1.